The van der Waals surface area contributed by atoms with Crippen molar-refractivity contribution < 1.29 is 84.7 Å². The van der Waals surface area contributed by atoms with Gasteiger partial charge in [0.15, 0.2) is 23.7 Å². The molecule has 0 unspecified atom stereocenters. The molecule has 5 aliphatic heterocycles. The van der Waals surface area contributed by atoms with Crippen LogP contribution in [0.25, 0.3) is 0 Å². The molecule has 0 spiro atoms. The Labute approximate surface area is 360 Å². The number of benzene rings is 6. The molecule has 6 aromatic rings. The Morgan fingerprint density at radius 3 is 1.70 bits per heavy atom. The highest BCUT2D eigenvalue weighted by Gasteiger charge is 2.61. The minimum atomic E-state index is -2.14. The number of esters is 1. The lowest BCUT2D eigenvalue weighted by Gasteiger charge is -2.51. The minimum absolute atomic E-state index is 0.00125. The number of carbonyl (C=O) groups is 1. The summed E-state index contributed by atoms with van der Waals surface area (Å²) < 4.78 is 31.7. The molecule has 17 heteroatoms. The zero-order chi connectivity index (χ0) is 44.7. The number of phenolic OH excluding ortho intramolecular Hbond substituents is 8. The van der Waals surface area contributed by atoms with Crippen molar-refractivity contribution in [3.63, 3.8) is 0 Å². The van der Waals surface area contributed by atoms with E-state index in [0.29, 0.717) is 5.56 Å². The smallest absolute Gasteiger partial charge is 0.311 e. The second-order valence-corrected chi connectivity index (χ2v) is 16.5. The summed E-state index contributed by atoms with van der Waals surface area (Å²) in [5.41, 5.74) is 0.440. The van der Waals surface area contributed by atoms with Crippen LogP contribution in [-0.2, 0) is 10.6 Å². The van der Waals surface area contributed by atoms with Crippen molar-refractivity contribution >= 4 is 5.97 Å². The van der Waals surface area contributed by atoms with E-state index in [1.165, 1.54) is 66.7 Å². The molecule has 0 radical (unpaired) electrons. The summed E-state index contributed by atoms with van der Waals surface area (Å²) >= 11 is 0. The first-order valence-electron chi connectivity index (χ1n) is 20.1. The number of rotatable bonds is 4. The van der Waals surface area contributed by atoms with Gasteiger partial charge < -0.3 is 79.9 Å². The van der Waals surface area contributed by atoms with Crippen LogP contribution in [0.2, 0.25) is 0 Å². The number of aromatic hydroxyl groups is 8. The minimum Gasteiger partial charge on any atom is -0.508 e. The van der Waals surface area contributed by atoms with E-state index in [9.17, 15) is 61.0 Å². The van der Waals surface area contributed by atoms with Gasteiger partial charge in [0.05, 0.1) is 18.3 Å². The Hall–Kier alpha value is -7.73. The predicted molar refractivity (Wildman–Crippen MR) is 216 cm³/mol. The third kappa shape index (κ3) is 5.50. The highest BCUT2D eigenvalue weighted by molar-refractivity contribution is 5.80. The average Bonchev–Trinajstić information content (AvgIpc) is 3.24. The fraction of sp³-hybridized carbons (Fsp3) is 0.213. The summed E-state index contributed by atoms with van der Waals surface area (Å²) in [4.78, 5) is 13.0. The van der Waals surface area contributed by atoms with Gasteiger partial charge in [0.25, 0.3) is 0 Å². The van der Waals surface area contributed by atoms with Gasteiger partial charge in [-0.1, -0.05) is 18.2 Å². The van der Waals surface area contributed by atoms with E-state index >= 15 is 0 Å². The third-order valence-corrected chi connectivity index (χ3v) is 12.8. The largest absolute Gasteiger partial charge is 0.508 e. The highest BCUT2D eigenvalue weighted by Crippen LogP contribution is 2.66. The SMILES string of the molecule is O=C1C[C@@H]2c3c(cc(O)c([C@H]4c5c(O)cc6c(c5O[C@H](c5ccc(O)c(O)c5)[C@@H]4O)[C@H]4c5c(O)cc(O)cc5O[C@@](c5ccc(O)cc5)(O6)[C@@H]4O)c3O[C@H](c3ccc(O)cc3)[C@@H]2O)O1. The molecule has 9 atom stereocenters. The van der Waals surface area contributed by atoms with E-state index < -0.39 is 94.5 Å². The van der Waals surface area contributed by atoms with Gasteiger partial charge in [0, 0.05) is 63.6 Å². The number of carbonyl (C=O) groups excluding carboxylic acids is 1. The standard InChI is InChI=1S/C47H36O17/c48-20-6-1-17(2-7-20)42-40(57)23-14-32(56)60-29-15-27(54)35(44(61-42)33(23)29)38-36-28(55)16-31-37(45(36)62-43(41(38)58)18-3-10-24(51)25(52)11-18)39-34-26(53)12-22(50)13-30(34)63-47(64-31,46(39)59)19-4-8-21(49)9-5-19/h1-13,15-16,23,38-43,46,48-55,57-59H,14H2/t23-,38+,39-,40-,41-,42-,43-,46-,47+/m1/s1. The second kappa shape index (κ2) is 13.6. The molecule has 17 nitrogen and oxygen atoms in total. The van der Waals surface area contributed by atoms with Gasteiger partial charge in [0.1, 0.15) is 81.6 Å². The molecule has 6 aromatic carbocycles. The molecule has 11 rings (SSSR count). The van der Waals surface area contributed by atoms with Gasteiger partial charge in [0.2, 0.25) is 0 Å². The summed E-state index contributed by atoms with van der Waals surface area (Å²) in [6.07, 6.45) is -7.98. The highest BCUT2D eigenvalue weighted by atomic mass is 16.7. The van der Waals surface area contributed by atoms with Crippen LogP contribution in [0.15, 0.2) is 91.0 Å². The number of fused-ring (bicyclic) bond motifs is 8. The normalized spacial score (nSPS) is 26.9. The van der Waals surface area contributed by atoms with Crippen molar-refractivity contribution in [3.8, 4) is 74.7 Å². The number of hydrogen-bond acceptors (Lipinski definition) is 17. The van der Waals surface area contributed by atoms with Gasteiger partial charge in [-0.05, 0) is 59.7 Å². The number of ether oxygens (including phenoxy) is 5. The number of phenols is 8. The number of aliphatic hydroxyl groups is 3. The molecule has 0 fully saturated rings. The summed E-state index contributed by atoms with van der Waals surface area (Å²) in [7, 11) is 0. The van der Waals surface area contributed by atoms with Crippen molar-refractivity contribution in [1.82, 2.24) is 0 Å². The van der Waals surface area contributed by atoms with E-state index in [4.69, 9.17) is 23.7 Å². The van der Waals surface area contributed by atoms with E-state index in [0.717, 1.165) is 24.3 Å². The topological polar surface area (TPSA) is 286 Å². The molecular formula is C47H36O17. The quantitative estimate of drug-likeness (QED) is 0.0633. The number of aliphatic hydroxyl groups excluding tert-OH is 3. The van der Waals surface area contributed by atoms with Gasteiger partial charge in [-0.25, -0.2) is 0 Å². The van der Waals surface area contributed by atoms with Crippen LogP contribution >= 0.6 is 0 Å². The predicted octanol–water partition coefficient (Wildman–Crippen LogP) is 4.98. The van der Waals surface area contributed by atoms with Gasteiger partial charge in [-0.2, -0.15) is 0 Å². The van der Waals surface area contributed by atoms with Crippen molar-refractivity contribution in [2.75, 3.05) is 0 Å². The molecule has 11 N–H and O–H groups in total. The molecule has 326 valence electrons. The van der Waals surface area contributed by atoms with Gasteiger partial charge in [-0.3, -0.25) is 4.79 Å². The van der Waals surface area contributed by atoms with Crippen molar-refractivity contribution in [2.45, 2.75) is 60.5 Å². The van der Waals surface area contributed by atoms with Gasteiger partial charge in [-0.15, -0.1) is 0 Å². The van der Waals surface area contributed by atoms with Crippen LogP contribution in [-0.4, -0.2) is 80.5 Å². The average molecular weight is 873 g/mol. The first kappa shape index (κ1) is 39.1. The van der Waals surface area contributed by atoms with Crippen molar-refractivity contribution in [1.29, 1.82) is 0 Å². The van der Waals surface area contributed by atoms with Crippen LogP contribution in [0.3, 0.4) is 0 Å². The fourth-order valence-corrected chi connectivity index (χ4v) is 10.0. The second-order valence-electron chi connectivity index (χ2n) is 16.5. The van der Waals surface area contributed by atoms with Crippen LogP contribution in [0.1, 0.15) is 80.9 Å². The van der Waals surface area contributed by atoms with Crippen LogP contribution in [0.5, 0.6) is 74.7 Å². The van der Waals surface area contributed by atoms with E-state index in [1.54, 1.807) is 0 Å². The maximum absolute atomic E-state index is 13.0. The van der Waals surface area contributed by atoms with Crippen molar-refractivity contribution in [2.24, 2.45) is 0 Å². The summed E-state index contributed by atoms with van der Waals surface area (Å²) in [5, 5.41) is 125. The maximum Gasteiger partial charge on any atom is 0.311 e. The van der Waals surface area contributed by atoms with E-state index in [1.807, 2.05) is 0 Å². The molecule has 0 aliphatic carbocycles. The van der Waals surface area contributed by atoms with Crippen LogP contribution < -0.4 is 23.7 Å². The van der Waals surface area contributed by atoms with Gasteiger partial charge >= 0.3 is 11.8 Å². The molecule has 64 heavy (non-hydrogen) atoms. The fourth-order valence-electron chi connectivity index (χ4n) is 10.0. The monoisotopic (exact) mass is 872 g/mol. The van der Waals surface area contributed by atoms with Crippen LogP contribution in [0.4, 0.5) is 0 Å². The Morgan fingerprint density at radius 2 is 1.05 bits per heavy atom. The number of hydrogen-bond donors (Lipinski definition) is 11. The molecule has 5 aliphatic rings. The Bertz CT molecular complexity index is 2950. The van der Waals surface area contributed by atoms with Crippen LogP contribution in [0, 0.1) is 0 Å². The summed E-state index contributed by atoms with van der Waals surface area (Å²) in [6.45, 7) is 0. The molecule has 2 bridgehead atoms. The summed E-state index contributed by atoms with van der Waals surface area (Å²) in [6, 6.07) is 19.5. The van der Waals surface area contributed by atoms with E-state index in [-0.39, 0.29) is 85.6 Å². The maximum atomic E-state index is 13.0. The first-order chi connectivity index (χ1) is 30.6. The molecule has 0 aromatic heterocycles. The molecule has 0 saturated carbocycles. The van der Waals surface area contributed by atoms with Crippen molar-refractivity contribution in [3.05, 3.63) is 136 Å². The third-order valence-electron chi connectivity index (χ3n) is 12.8. The lowest BCUT2D eigenvalue weighted by molar-refractivity contribution is -0.219. The zero-order valence-electron chi connectivity index (χ0n) is 32.9. The lowest BCUT2D eigenvalue weighted by Crippen LogP contribution is -2.57. The molecule has 0 saturated heterocycles. The summed E-state index contributed by atoms with van der Waals surface area (Å²) in [5.74, 6) is -10.9. The first-order valence-corrected chi connectivity index (χ1v) is 20.1. The van der Waals surface area contributed by atoms with E-state index in [2.05, 4.69) is 0 Å². The zero-order valence-corrected chi connectivity index (χ0v) is 32.9. The molecular weight excluding hydrogens is 836 g/mol. The Kier molecular flexibility index (Phi) is 8.34. The lowest BCUT2D eigenvalue weighted by atomic mass is 9.71. The molecule has 0 amide bonds. The Morgan fingerprint density at radius 1 is 0.484 bits per heavy atom. The molecule has 5 heterocycles. The Balaban J connectivity index is 1.19.